The van der Waals surface area contributed by atoms with Gasteiger partial charge in [0.25, 0.3) is 0 Å². The van der Waals surface area contributed by atoms with Gasteiger partial charge in [-0.3, -0.25) is 4.79 Å². The molecule has 0 fully saturated rings. The Morgan fingerprint density at radius 1 is 1.11 bits per heavy atom. The molecule has 2 rings (SSSR count). The van der Waals surface area contributed by atoms with Gasteiger partial charge in [-0.05, 0) is 35.9 Å². The molecule has 19 heavy (non-hydrogen) atoms. The maximum absolute atomic E-state index is 12.9. The van der Waals surface area contributed by atoms with E-state index in [9.17, 15) is 9.18 Å². The van der Waals surface area contributed by atoms with Gasteiger partial charge in [0.05, 0.1) is 5.02 Å². The summed E-state index contributed by atoms with van der Waals surface area (Å²) in [5.74, 6) is -0.634. The zero-order valence-electron chi connectivity index (χ0n) is 9.79. The summed E-state index contributed by atoms with van der Waals surface area (Å²) in [5.41, 5.74) is 6.98. The fraction of sp³-hybridized carbons (Fsp3) is 0.0714. The molecular formula is C14H10Cl2FNO. The van der Waals surface area contributed by atoms with Crippen molar-refractivity contribution in [2.24, 2.45) is 0 Å². The number of rotatable bonds is 3. The predicted molar refractivity (Wildman–Crippen MR) is 75.3 cm³/mol. The molecule has 2 aromatic carbocycles. The predicted octanol–water partition coefficient (Wildman–Crippen LogP) is 4.14. The van der Waals surface area contributed by atoms with Crippen molar-refractivity contribution in [3.8, 4) is 0 Å². The lowest BCUT2D eigenvalue weighted by Gasteiger charge is -2.06. The van der Waals surface area contributed by atoms with Crippen molar-refractivity contribution in [2.75, 3.05) is 5.73 Å². The van der Waals surface area contributed by atoms with Crippen molar-refractivity contribution in [3.63, 3.8) is 0 Å². The van der Waals surface area contributed by atoms with E-state index < -0.39 is 5.82 Å². The second kappa shape index (κ2) is 5.59. The van der Waals surface area contributed by atoms with Gasteiger partial charge in [0, 0.05) is 22.7 Å². The summed E-state index contributed by atoms with van der Waals surface area (Å²) in [6.07, 6.45) is 0.0583. The summed E-state index contributed by atoms with van der Waals surface area (Å²) in [6.45, 7) is 0. The lowest BCUT2D eigenvalue weighted by molar-refractivity contribution is 0.0993. The van der Waals surface area contributed by atoms with Crippen molar-refractivity contribution in [1.29, 1.82) is 0 Å². The Hall–Kier alpha value is -1.58. The third-order valence-electron chi connectivity index (χ3n) is 2.66. The largest absolute Gasteiger partial charge is 0.399 e. The third-order valence-corrected chi connectivity index (χ3v) is 3.32. The van der Waals surface area contributed by atoms with E-state index in [0.29, 0.717) is 21.8 Å². The van der Waals surface area contributed by atoms with Gasteiger partial charge in [-0.2, -0.15) is 0 Å². The molecule has 0 aromatic heterocycles. The van der Waals surface area contributed by atoms with E-state index in [1.165, 1.54) is 24.3 Å². The van der Waals surface area contributed by atoms with Gasteiger partial charge >= 0.3 is 0 Å². The first kappa shape index (κ1) is 13.8. The molecular weight excluding hydrogens is 288 g/mol. The highest BCUT2D eigenvalue weighted by atomic mass is 35.5. The molecule has 0 bridgehead atoms. The third kappa shape index (κ3) is 3.25. The summed E-state index contributed by atoms with van der Waals surface area (Å²) < 4.78 is 12.9. The molecule has 0 saturated carbocycles. The Balaban J connectivity index is 2.25. The fourth-order valence-electron chi connectivity index (χ4n) is 1.69. The summed E-state index contributed by atoms with van der Waals surface area (Å²) in [7, 11) is 0. The minimum absolute atomic E-state index is 0.0583. The van der Waals surface area contributed by atoms with E-state index in [-0.39, 0.29) is 17.2 Å². The smallest absolute Gasteiger partial charge is 0.168 e. The van der Waals surface area contributed by atoms with Crippen molar-refractivity contribution in [2.45, 2.75) is 6.42 Å². The Morgan fingerprint density at radius 2 is 1.84 bits per heavy atom. The van der Waals surface area contributed by atoms with E-state index in [1.54, 1.807) is 12.1 Å². The molecule has 0 atom stereocenters. The molecule has 0 aliphatic heterocycles. The van der Waals surface area contributed by atoms with Crippen LogP contribution in [0.3, 0.4) is 0 Å². The average Bonchev–Trinajstić information content (AvgIpc) is 2.32. The molecule has 0 heterocycles. The number of benzene rings is 2. The van der Waals surface area contributed by atoms with Crippen LogP contribution in [0.1, 0.15) is 15.9 Å². The van der Waals surface area contributed by atoms with Crippen molar-refractivity contribution < 1.29 is 9.18 Å². The van der Waals surface area contributed by atoms with E-state index in [2.05, 4.69) is 0 Å². The second-order valence-corrected chi connectivity index (χ2v) is 4.89. The molecule has 0 saturated heterocycles. The number of carbonyl (C=O) groups is 1. The van der Waals surface area contributed by atoms with E-state index in [0.717, 1.165) is 0 Å². The summed E-state index contributed by atoms with van der Waals surface area (Å²) in [5, 5.41) is 0.517. The Labute approximate surface area is 119 Å². The number of anilines is 1. The SMILES string of the molecule is Nc1ccc(C(=O)Cc2ccc(F)cc2Cl)c(Cl)c1. The van der Waals surface area contributed by atoms with Gasteiger partial charge in [-0.15, -0.1) is 0 Å². The molecule has 2 aromatic rings. The van der Waals surface area contributed by atoms with Gasteiger partial charge in [-0.1, -0.05) is 29.3 Å². The van der Waals surface area contributed by atoms with Crippen LogP contribution in [0.25, 0.3) is 0 Å². The normalized spacial score (nSPS) is 10.5. The van der Waals surface area contributed by atoms with Gasteiger partial charge in [0.2, 0.25) is 0 Å². The average molecular weight is 298 g/mol. The summed E-state index contributed by atoms with van der Waals surface area (Å²) >= 11 is 11.8. The molecule has 5 heteroatoms. The van der Waals surface area contributed by atoms with Crippen molar-refractivity contribution >= 4 is 34.7 Å². The van der Waals surface area contributed by atoms with Crippen LogP contribution in [0.15, 0.2) is 36.4 Å². The number of Topliss-reactive ketones (excluding diaryl/α,β-unsaturated/α-hetero) is 1. The molecule has 0 aliphatic rings. The van der Waals surface area contributed by atoms with Crippen LogP contribution in [0.2, 0.25) is 10.0 Å². The monoisotopic (exact) mass is 297 g/mol. The minimum Gasteiger partial charge on any atom is -0.399 e. The molecule has 98 valence electrons. The van der Waals surface area contributed by atoms with E-state index in [4.69, 9.17) is 28.9 Å². The number of hydrogen-bond acceptors (Lipinski definition) is 2. The second-order valence-electron chi connectivity index (χ2n) is 4.07. The summed E-state index contributed by atoms with van der Waals surface area (Å²) in [4.78, 5) is 12.1. The molecule has 0 unspecified atom stereocenters. The van der Waals surface area contributed by atoms with Gasteiger partial charge in [0.1, 0.15) is 5.82 Å². The van der Waals surface area contributed by atoms with Crippen LogP contribution in [0.5, 0.6) is 0 Å². The van der Waals surface area contributed by atoms with Gasteiger partial charge in [0.15, 0.2) is 5.78 Å². The van der Waals surface area contributed by atoms with Crippen LogP contribution in [-0.4, -0.2) is 5.78 Å². The maximum atomic E-state index is 12.9. The Bertz CT molecular complexity index is 643. The number of nitrogens with two attached hydrogens (primary N) is 1. The fourth-order valence-corrected chi connectivity index (χ4v) is 2.22. The lowest BCUT2D eigenvalue weighted by Crippen LogP contribution is -2.05. The van der Waals surface area contributed by atoms with Gasteiger partial charge < -0.3 is 5.73 Å². The standard InChI is InChI=1S/C14H10Cl2FNO/c15-12-6-9(17)2-1-8(12)5-14(19)11-4-3-10(18)7-13(11)16/h1-4,6-7H,5,18H2. The topological polar surface area (TPSA) is 43.1 Å². The van der Waals surface area contributed by atoms with Crippen LogP contribution < -0.4 is 5.73 Å². The molecule has 0 radical (unpaired) electrons. The number of ketones is 1. The Kier molecular flexibility index (Phi) is 4.08. The number of carbonyl (C=O) groups excluding carboxylic acids is 1. The van der Waals surface area contributed by atoms with Crippen LogP contribution in [0, 0.1) is 5.82 Å². The molecule has 2 N–H and O–H groups in total. The maximum Gasteiger partial charge on any atom is 0.168 e. The van der Waals surface area contributed by atoms with Crippen LogP contribution in [-0.2, 0) is 6.42 Å². The highest BCUT2D eigenvalue weighted by Gasteiger charge is 2.13. The molecule has 0 aliphatic carbocycles. The molecule has 2 nitrogen and oxygen atoms in total. The number of hydrogen-bond donors (Lipinski definition) is 1. The number of nitrogen functional groups attached to an aromatic ring is 1. The summed E-state index contributed by atoms with van der Waals surface area (Å²) in [6, 6.07) is 8.61. The first-order valence-electron chi connectivity index (χ1n) is 5.49. The van der Waals surface area contributed by atoms with Crippen LogP contribution >= 0.6 is 23.2 Å². The highest BCUT2D eigenvalue weighted by Crippen LogP contribution is 2.23. The first-order chi connectivity index (χ1) is 8.97. The lowest BCUT2D eigenvalue weighted by atomic mass is 10.0. The van der Waals surface area contributed by atoms with Crippen LogP contribution in [0.4, 0.5) is 10.1 Å². The highest BCUT2D eigenvalue weighted by molar-refractivity contribution is 6.34. The molecule has 0 spiro atoms. The van der Waals surface area contributed by atoms with Crippen molar-refractivity contribution in [3.05, 3.63) is 63.4 Å². The zero-order valence-corrected chi connectivity index (χ0v) is 11.3. The molecule has 0 amide bonds. The Morgan fingerprint density at radius 3 is 2.47 bits per heavy atom. The van der Waals surface area contributed by atoms with Gasteiger partial charge in [-0.25, -0.2) is 4.39 Å². The van der Waals surface area contributed by atoms with E-state index in [1.807, 2.05) is 0 Å². The quantitative estimate of drug-likeness (QED) is 0.683. The number of halogens is 3. The van der Waals surface area contributed by atoms with E-state index >= 15 is 0 Å². The minimum atomic E-state index is -0.438. The van der Waals surface area contributed by atoms with Crippen molar-refractivity contribution in [1.82, 2.24) is 0 Å². The zero-order chi connectivity index (χ0) is 14.0. The first-order valence-corrected chi connectivity index (χ1v) is 6.25.